The van der Waals surface area contributed by atoms with Gasteiger partial charge in [-0.05, 0) is 37.3 Å². The summed E-state index contributed by atoms with van der Waals surface area (Å²) in [4.78, 5) is 12.4. The predicted octanol–water partition coefficient (Wildman–Crippen LogP) is 4.23. The number of carbonyl (C=O) groups is 1. The summed E-state index contributed by atoms with van der Waals surface area (Å²) in [7, 11) is 0. The fourth-order valence-electron chi connectivity index (χ4n) is 2.21. The van der Waals surface area contributed by atoms with E-state index >= 15 is 0 Å². The fraction of sp³-hybridized carbons (Fsp3) is 0.0588. The van der Waals surface area contributed by atoms with Crippen molar-refractivity contribution in [2.45, 2.75) is 6.92 Å². The third-order valence-corrected chi connectivity index (χ3v) is 3.58. The summed E-state index contributed by atoms with van der Waals surface area (Å²) in [6.45, 7) is 1.82. The summed E-state index contributed by atoms with van der Waals surface area (Å²) in [6, 6.07) is 14.8. The zero-order valence-electron chi connectivity index (χ0n) is 12.3. The molecule has 0 atom stereocenters. The maximum Gasteiger partial charge on any atom is 0.258 e. The number of carbonyl (C=O) groups excluding carboxylic acids is 1. The summed E-state index contributed by atoms with van der Waals surface area (Å²) in [5.74, 6) is -0.530. The van der Waals surface area contributed by atoms with Gasteiger partial charge < -0.3 is 5.32 Å². The lowest BCUT2D eigenvalue weighted by Crippen LogP contribution is -2.15. The highest BCUT2D eigenvalue weighted by Crippen LogP contribution is 2.21. The quantitative estimate of drug-likeness (QED) is 0.781. The maximum atomic E-state index is 13.3. The first-order valence-corrected chi connectivity index (χ1v) is 7.31. The molecule has 23 heavy (non-hydrogen) atoms. The highest BCUT2D eigenvalue weighted by Gasteiger charge is 2.15. The zero-order chi connectivity index (χ0) is 16.4. The number of nitrogens with one attached hydrogen (secondary N) is 1. The number of halogens is 2. The molecule has 0 aliphatic carbocycles. The average Bonchev–Trinajstić information content (AvgIpc) is 2.91. The molecule has 0 fully saturated rings. The minimum atomic E-state index is -0.521. The van der Waals surface area contributed by atoms with Gasteiger partial charge in [-0.25, -0.2) is 9.07 Å². The number of hydrogen-bond donors (Lipinski definition) is 1. The Hall–Kier alpha value is -2.66. The van der Waals surface area contributed by atoms with Crippen molar-refractivity contribution in [3.05, 3.63) is 76.7 Å². The molecule has 0 bridgehead atoms. The van der Waals surface area contributed by atoms with Crippen LogP contribution in [0.5, 0.6) is 0 Å². The summed E-state index contributed by atoms with van der Waals surface area (Å²) in [5, 5.41) is 7.27. The molecular weight excluding hydrogens is 317 g/mol. The lowest BCUT2D eigenvalue weighted by molar-refractivity contribution is 0.102. The molecule has 0 aliphatic heterocycles. The molecule has 0 saturated carbocycles. The summed E-state index contributed by atoms with van der Waals surface area (Å²) in [5.41, 5.74) is 1.63. The second kappa shape index (κ2) is 6.22. The van der Waals surface area contributed by atoms with Crippen molar-refractivity contribution in [3.8, 4) is 5.69 Å². The van der Waals surface area contributed by atoms with Gasteiger partial charge in [-0.3, -0.25) is 4.79 Å². The van der Waals surface area contributed by atoms with E-state index in [0.29, 0.717) is 5.82 Å². The van der Waals surface area contributed by atoms with Crippen LogP contribution in [0.25, 0.3) is 5.69 Å². The Morgan fingerprint density at radius 1 is 1.17 bits per heavy atom. The lowest BCUT2D eigenvalue weighted by Gasteiger charge is -2.09. The van der Waals surface area contributed by atoms with Crippen LogP contribution in [0.4, 0.5) is 10.2 Å². The number of rotatable bonds is 3. The minimum Gasteiger partial charge on any atom is -0.306 e. The second-order valence-electron chi connectivity index (χ2n) is 5.00. The van der Waals surface area contributed by atoms with Crippen LogP contribution in [-0.4, -0.2) is 15.7 Å². The summed E-state index contributed by atoms with van der Waals surface area (Å²) >= 11 is 5.97. The molecule has 2 aromatic carbocycles. The Bertz CT molecular complexity index is 862. The highest BCUT2D eigenvalue weighted by atomic mass is 35.5. The largest absolute Gasteiger partial charge is 0.306 e. The third kappa shape index (κ3) is 3.24. The van der Waals surface area contributed by atoms with Crippen molar-refractivity contribution in [2.24, 2.45) is 0 Å². The van der Waals surface area contributed by atoms with Gasteiger partial charge in [-0.1, -0.05) is 29.8 Å². The normalized spacial score (nSPS) is 10.6. The number of nitrogens with zero attached hydrogens (tertiary/aromatic N) is 2. The first-order chi connectivity index (χ1) is 11.0. The van der Waals surface area contributed by atoms with E-state index in [1.165, 1.54) is 12.1 Å². The molecule has 116 valence electrons. The molecule has 0 radical (unpaired) electrons. The van der Waals surface area contributed by atoms with Gasteiger partial charge in [-0.2, -0.15) is 5.10 Å². The SMILES string of the molecule is Cc1cc(NC(=O)c2cc(F)ccc2Cl)n(-c2ccccc2)n1. The minimum absolute atomic E-state index is 0.0742. The zero-order valence-corrected chi connectivity index (χ0v) is 13.0. The number of anilines is 1. The van der Waals surface area contributed by atoms with E-state index in [-0.39, 0.29) is 10.6 Å². The molecule has 1 aromatic heterocycles. The van der Waals surface area contributed by atoms with Gasteiger partial charge in [-0.15, -0.1) is 0 Å². The van der Waals surface area contributed by atoms with Crippen LogP contribution in [0.3, 0.4) is 0 Å². The van der Waals surface area contributed by atoms with Crippen LogP contribution in [0, 0.1) is 12.7 Å². The van der Waals surface area contributed by atoms with Crippen LogP contribution in [0.2, 0.25) is 5.02 Å². The van der Waals surface area contributed by atoms with Crippen molar-refractivity contribution >= 4 is 23.3 Å². The van der Waals surface area contributed by atoms with E-state index in [1.54, 1.807) is 10.7 Å². The van der Waals surface area contributed by atoms with E-state index in [9.17, 15) is 9.18 Å². The van der Waals surface area contributed by atoms with E-state index in [4.69, 9.17) is 11.6 Å². The molecule has 1 amide bonds. The number of hydrogen-bond acceptors (Lipinski definition) is 2. The van der Waals surface area contributed by atoms with Crippen molar-refractivity contribution in [1.29, 1.82) is 0 Å². The highest BCUT2D eigenvalue weighted by molar-refractivity contribution is 6.34. The molecule has 1 heterocycles. The Balaban J connectivity index is 1.95. The molecule has 3 aromatic rings. The molecule has 0 unspecified atom stereocenters. The van der Waals surface area contributed by atoms with Crippen LogP contribution in [-0.2, 0) is 0 Å². The molecule has 3 rings (SSSR count). The Labute approximate surface area is 137 Å². The van der Waals surface area contributed by atoms with Crippen molar-refractivity contribution in [1.82, 2.24) is 9.78 Å². The van der Waals surface area contributed by atoms with Crippen LogP contribution < -0.4 is 5.32 Å². The van der Waals surface area contributed by atoms with E-state index < -0.39 is 11.7 Å². The van der Waals surface area contributed by atoms with Crippen LogP contribution in [0.1, 0.15) is 16.1 Å². The Morgan fingerprint density at radius 2 is 1.91 bits per heavy atom. The summed E-state index contributed by atoms with van der Waals surface area (Å²) < 4.78 is 14.9. The first kappa shape index (κ1) is 15.2. The van der Waals surface area contributed by atoms with Crippen molar-refractivity contribution in [2.75, 3.05) is 5.32 Å². The standard InChI is InChI=1S/C17H13ClFN3O/c1-11-9-16(22(21-11)13-5-3-2-4-6-13)20-17(23)14-10-12(19)7-8-15(14)18/h2-10H,1H3,(H,20,23). The lowest BCUT2D eigenvalue weighted by atomic mass is 10.2. The van der Waals surface area contributed by atoms with E-state index in [0.717, 1.165) is 17.4 Å². The van der Waals surface area contributed by atoms with Gasteiger partial charge in [0.15, 0.2) is 0 Å². The van der Waals surface area contributed by atoms with Crippen molar-refractivity contribution < 1.29 is 9.18 Å². The number of para-hydroxylation sites is 1. The van der Waals surface area contributed by atoms with Gasteiger partial charge >= 0.3 is 0 Å². The fourth-order valence-corrected chi connectivity index (χ4v) is 2.41. The van der Waals surface area contributed by atoms with Gasteiger partial charge in [0, 0.05) is 6.07 Å². The molecule has 0 saturated heterocycles. The topological polar surface area (TPSA) is 46.9 Å². The van der Waals surface area contributed by atoms with Gasteiger partial charge in [0.05, 0.1) is 22.0 Å². The molecule has 0 aliphatic rings. The Kier molecular flexibility index (Phi) is 4.12. The second-order valence-corrected chi connectivity index (χ2v) is 5.40. The monoisotopic (exact) mass is 329 g/mol. The average molecular weight is 330 g/mol. The van der Waals surface area contributed by atoms with E-state index in [2.05, 4.69) is 10.4 Å². The van der Waals surface area contributed by atoms with Crippen molar-refractivity contribution in [3.63, 3.8) is 0 Å². The number of aryl methyl sites for hydroxylation is 1. The van der Waals surface area contributed by atoms with Gasteiger partial charge in [0.25, 0.3) is 5.91 Å². The number of aromatic nitrogens is 2. The van der Waals surface area contributed by atoms with Gasteiger partial charge in [0.1, 0.15) is 11.6 Å². The first-order valence-electron chi connectivity index (χ1n) is 6.93. The molecule has 1 N–H and O–H groups in total. The predicted molar refractivity (Wildman–Crippen MR) is 87.7 cm³/mol. The van der Waals surface area contributed by atoms with E-state index in [1.807, 2.05) is 37.3 Å². The molecule has 4 nitrogen and oxygen atoms in total. The maximum absolute atomic E-state index is 13.3. The number of benzene rings is 2. The number of amides is 1. The van der Waals surface area contributed by atoms with Gasteiger partial charge in [0.2, 0.25) is 0 Å². The molecule has 6 heteroatoms. The van der Waals surface area contributed by atoms with Crippen LogP contribution >= 0.6 is 11.6 Å². The third-order valence-electron chi connectivity index (χ3n) is 3.25. The Morgan fingerprint density at radius 3 is 2.65 bits per heavy atom. The molecular formula is C17H13ClFN3O. The summed E-state index contributed by atoms with van der Waals surface area (Å²) in [6.07, 6.45) is 0. The smallest absolute Gasteiger partial charge is 0.258 e. The van der Waals surface area contributed by atoms with Crippen LogP contribution in [0.15, 0.2) is 54.6 Å². The molecule has 0 spiro atoms.